The first kappa shape index (κ1) is 24.4. The third kappa shape index (κ3) is 4.98. The van der Waals surface area contributed by atoms with Gasteiger partial charge in [0.1, 0.15) is 13.2 Å². The van der Waals surface area contributed by atoms with Crippen molar-refractivity contribution < 1.29 is 9.47 Å². The van der Waals surface area contributed by atoms with E-state index in [1.54, 1.807) is 0 Å². The van der Waals surface area contributed by atoms with E-state index in [4.69, 9.17) is 9.47 Å². The van der Waals surface area contributed by atoms with Crippen molar-refractivity contribution in [2.24, 2.45) is 0 Å². The first-order valence-corrected chi connectivity index (χ1v) is 14.2. The molecule has 2 fully saturated rings. The fraction of sp³-hybridized carbons (Fsp3) is 0.643. The van der Waals surface area contributed by atoms with Crippen molar-refractivity contribution >= 4 is 10.9 Å². The normalized spacial score (nSPS) is 19.9. The van der Waals surface area contributed by atoms with Gasteiger partial charge in [-0.1, -0.05) is 45.4 Å². The van der Waals surface area contributed by atoms with Crippen LogP contribution >= 0.6 is 0 Å². The third-order valence-corrected chi connectivity index (χ3v) is 8.50. The molecule has 3 aliphatic rings. The Bertz CT molecular complexity index is 1270. The highest BCUT2D eigenvalue weighted by Gasteiger charge is 2.33. The van der Waals surface area contributed by atoms with Crippen LogP contribution in [0.5, 0.6) is 11.5 Å². The molecule has 9 heteroatoms. The van der Waals surface area contributed by atoms with Gasteiger partial charge in [0.25, 0.3) is 5.56 Å². The second-order valence-corrected chi connectivity index (χ2v) is 10.9. The molecule has 9 nitrogen and oxygen atoms in total. The van der Waals surface area contributed by atoms with Gasteiger partial charge in [0.05, 0.1) is 17.6 Å². The van der Waals surface area contributed by atoms with Gasteiger partial charge in [-0.25, -0.2) is 4.68 Å². The van der Waals surface area contributed by atoms with Crippen LogP contribution in [0.25, 0.3) is 10.9 Å². The maximum atomic E-state index is 13.3. The molecule has 1 aromatic carbocycles. The zero-order valence-corrected chi connectivity index (χ0v) is 21.8. The SMILES string of the molecule is CCC(c1nnnn1C1CCCCC1)N(Cc1cc2cc3c(cc2[nH]c1=O)OCCO3)C1CCCCC1. The number of H-pyrrole nitrogens is 1. The molecule has 1 N–H and O–H groups in total. The lowest BCUT2D eigenvalue weighted by Crippen LogP contribution is -2.41. The first-order chi connectivity index (χ1) is 18.2. The number of rotatable bonds is 7. The van der Waals surface area contributed by atoms with Crippen molar-refractivity contribution in [2.45, 2.75) is 102 Å². The zero-order valence-electron chi connectivity index (χ0n) is 21.8. The minimum absolute atomic E-state index is 0.0493. The third-order valence-electron chi connectivity index (χ3n) is 8.50. The molecule has 198 valence electrons. The number of nitrogens with zero attached hydrogens (tertiary/aromatic N) is 5. The molecular formula is C28H38N6O3. The van der Waals surface area contributed by atoms with Crippen LogP contribution in [0.15, 0.2) is 23.0 Å². The molecule has 37 heavy (non-hydrogen) atoms. The number of aromatic amines is 1. The van der Waals surface area contributed by atoms with Gasteiger partial charge in [-0.3, -0.25) is 9.69 Å². The number of fused-ring (bicyclic) bond motifs is 2. The van der Waals surface area contributed by atoms with Crippen LogP contribution in [0.4, 0.5) is 0 Å². The Morgan fingerprint density at radius 1 is 1.00 bits per heavy atom. The molecule has 6 rings (SSSR count). The maximum Gasteiger partial charge on any atom is 0.252 e. The van der Waals surface area contributed by atoms with Crippen LogP contribution in [0, 0.1) is 0 Å². The zero-order chi connectivity index (χ0) is 25.2. The smallest absolute Gasteiger partial charge is 0.252 e. The van der Waals surface area contributed by atoms with E-state index in [2.05, 4.69) is 37.0 Å². The van der Waals surface area contributed by atoms with Gasteiger partial charge in [0, 0.05) is 29.6 Å². The molecule has 2 aromatic heterocycles. The lowest BCUT2D eigenvalue weighted by atomic mass is 9.91. The highest BCUT2D eigenvalue weighted by Crippen LogP contribution is 2.37. The van der Waals surface area contributed by atoms with E-state index in [0.29, 0.717) is 37.6 Å². The maximum absolute atomic E-state index is 13.3. The minimum Gasteiger partial charge on any atom is -0.486 e. The molecule has 2 saturated carbocycles. The Morgan fingerprint density at radius 2 is 1.70 bits per heavy atom. The highest BCUT2D eigenvalue weighted by molar-refractivity contribution is 5.83. The van der Waals surface area contributed by atoms with Crippen molar-refractivity contribution in [1.29, 1.82) is 0 Å². The summed E-state index contributed by atoms with van der Waals surface area (Å²) in [6, 6.07) is 6.73. The predicted molar refractivity (Wildman–Crippen MR) is 141 cm³/mol. The Balaban J connectivity index is 1.36. The molecule has 1 unspecified atom stereocenters. The molecule has 0 radical (unpaired) electrons. The van der Waals surface area contributed by atoms with E-state index in [1.165, 1.54) is 38.5 Å². The molecule has 3 heterocycles. The van der Waals surface area contributed by atoms with Gasteiger partial charge >= 0.3 is 0 Å². The van der Waals surface area contributed by atoms with Crippen LogP contribution in [0.1, 0.15) is 101 Å². The van der Waals surface area contributed by atoms with Gasteiger partial charge in [-0.15, -0.1) is 5.10 Å². The Morgan fingerprint density at radius 3 is 2.43 bits per heavy atom. The molecule has 0 saturated heterocycles. The Labute approximate surface area is 217 Å². The number of benzene rings is 1. The summed E-state index contributed by atoms with van der Waals surface area (Å²) in [5, 5.41) is 14.2. The summed E-state index contributed by atoms with van der Waals surface area (Å²) in [5.74, 6) is 2.38. The van der Waals surface area contributed by atoms with Crippen LogP contribution in [-0.4, -0.2) is 49.3 Å². The number of nitrogens with one attached hydrogen (secondary N) is 1. The minimum atomic E-state index is -0.0493. The van der Waals surface area contributed by atoms with E-state index in [-0.39, 0.29) is 11.6 Å². The van der Waals surface area contributed by atoms with Gasteiger partial charge in [-0.05, 0) is 54.7 Å². The van der Waals surface area contributed by atoms with E-state index < -0.39 is 0 Å². The summed E-state index contributed by atoms with van der Waals surface area (Å²) in [4.78, 5) is 19.0. The second kappa shape index (κ2) is 10.8. The molecule has 2 aliphatic carbocycles. The standard InChI is InChI=1S/C28H38N6O3/c1-2-24(27-30-31-32-34(27)22-11-7-4-8-12-22)33(21-9-5-3-6-10-21)18-20-15-19-16-25-26(37-14-13-36-25)17-23(19)29-28(20)35/h15-17,21-22,24H,2-14,18H2,1H3,(H,29,35). The number of hydrogen-bond acceptors (Lipinski definition) is 7. The molecule has 0 bridgehead atoms. The van der Waals surface area contributed by atoms with E-state index >= 15 is 0 Å². The fourth-order valence-corrected chi connectivity index (χ4v) is 6.58. The number of tetrazole rings is 1. The Kier molecular flexibility index (Phi) is 7.13. The molecule has 0 spiro atoms. The number of hydrogen-bond donors (Lipinski definition) is 1. The highest BCUT2D eigenvalue weighted by atomic mass is 16.6. The number of ether oxygens (including phenoxy) is 2. The van der Waals surface area contributed by atoms with Crippen LogP contribution in [-0.2, 0) is 6.54 Å². The van der Waals surface area contributed by atoms with Crippen molar-refractivity contribution in [3.8, 4) is 11.5 Å². The number of aromatic nitrogens is 5. The van der Waals surface area contributed by atoms with Crippen LogP contribution in [0.3, 0.4) is 0 Å². The van der Waals surface area contributed by atoms with Gasteiger partial charge in [0.2, 0.25) is 0 Å². The van der Waals surface area contributed by atoms with Gasteiger partial charge in [-0.2, -0.15) is 0 Å². The first-order valence-electron chi connectivity index (χ1n) is 14.2. The summed E-state index contributed by atoms with van der Waals surface area (Å²) in [6.45, 7) is 3.85. The van der Waals surface area contributed by atoms with Crippen LogP contribution < -0.4 is 15.0 Å². The molecule has 3 aromatic rings. The summed E-state index contributed by atoms with van der Waals surface area (Å²) in [6.07, 6.45) is 13.0. The average molecular weight is 507 g/mol. The van der Waals surface area contributed by atoms with Crippen molar-refractivity contribution in [2.75, 3.05) is 13.2 Å². The largest absolute Gasteiger partial charge is 0.486 e. The van der Waals surface area contributed by atoms with E-state index in [1.807, 2.05) is 18.2 Å². The van der Waals surface area contributed by atoms with Crippen molar-refractivity contribution in [3.63, 3.8) is 0 Å². The topological polar surface area (TPSA) is 98.2 Å². The monoisotopic (exact) mass is 506 g/mol. The lowest BCUT2D eigenvalue weighted by molar-refractivity contribution is 0.0820. The molecular weight excluding hydrogens is 468 g/mol. The Hall–Kier alpha value is -2.94. The average Bonchev–Trinajstić information content (AvgIpc) is 3.43. The summed E-state index contributed by atoms with van der Waals surface area (Å²) >= 11 is 0. The summed E-state index contributed by atoms with van der Waals surface area (Å²) in [7, 11) is 0. The fourth-order valence-electron chi connectivity index (χ4n) is 6.58. The predicted octanol–water partition coefficient (Wildman–Crippen LogP) is 5.08. The van der Waals surface area contributed by atoms with Crippen molar-refractivity contribution in [1.82, 2.24) is 30.1 Å². The van der Waals surface area contributed by atoms with Gasteiger partial charge in [0.15, 0.2) is 17.3 Å². The summed E-state index contributed by atoms with van der Waals surface area (Å²) < 4.78 is 13.6. The van der Waals surface area contributed by atoms with Crippen molar-refractivity contribution in [3.05, 3.63) is 39.9 Å². The quantitative estimate of drug-likeness (QED) is 0.477. The summed E-state index contributed by atoms with van der Waals surface area (Å²) in [5.41, 5.74) is 1.49. The van der Waals surface area contributed by atoms with Gasteiger partial charge < -0.3 is 14.5 Å². The van der Waals surface area contributed by atoms with Crippen LogP contribution in [0.2, 0.25) is 0 Å². The van der Waals surface area contributed by atoms with E-state index in [9.17, 15) is 4.79 Å². The number of pyridine rings is 1. The lowest BCUT2D eigenvalue weighted by Gasteiger charge is -2.39. The molecule has 0 amide bonds. The molecule has 1 aliphatic heterocycles. The molecule has 1 atom stereocenters. The van der Waals surface area contributed by atoms with E-state index in [0.717, 1.165) is 60.1 Å². The second-order valence-electron chi connectivity index (χ2n) is 10.9.